The maximum atomic E-state index is 18.2. The molecule has 3 aliphatic heterocycles. The predicted molar refractivity (Wildman–Crippen MR) is 268 cm³/mol. The van der Waals surface area contributed by atoms with Gasteiger partial charge in [0.25, 0.3) is 0 Å². The SMILES string of the molecule is CC(C)[Si](C#Cc1c(F)ccc2cc(N=C(c3ccccc3)c3ccccc3)cc(-c3ncc4c(N5CCCCC6CC65)nc(OC[C@@]56CCCN5C[C@H](F)C6)nc4c3F)c12)(C(C)C)C(C)C. The van der Waals surface area contributed by atoms with Crippen LogP contribution in [0.3, 0.4) is 0 Å². The molecule has 6 aromatic rings. The average molecular weight is 919 g/mol. The van der Waals surface area contributed by atoms with Crippen molar-refractivity contribution in [2.45, 2.75) is 121 Å². The molecule has 11 heteroatoms. The smallest absolute Gasteiger partial charge is 0.319 e. The zero-order chi connectivity index (χ0) is 46.6. The van der Waals surface area contributed by atoms with Crippen LogP contribution < -0.4 is 9.64 Å². The third-order valence-electron chi connectivity index (χ3n) is 15.6. The number of benzene rings is 4. The standard InChI is InChI=1S/C56H61F3N6OSi/c1-35(2)67(36(3)4,37(5)6)27-23-44-47(58)22-21-41-28-43(61-51(38-16-9-7-10-17-38)39-18-11-8-12-19-39)30-45(49(41)44)52-50(59)53-46(32-60-52)54(65-26-14-13-20-40-29-48(40)65)63-55(62-53)66-34-56-24-15-25-64(56)33-42(57)31-56/h7-12,16-19,21-22,28,30,32,35-37,40,42,48H,13-15,20,24-26,29,31,33-34H2,1-6H3/t40?,42-,48?,56+/m1/s1. The van der Waals surface area contributed by atoms with E-state index < -0.39 is 31.4 Å². The highest BCUT2D eigenvalue weighted by atomic mass is 28.3. The Hall–Kier alpha value is -5.57. The van der Waals surface area contributed by atoms with Gasteiger partial charge < -0.3 is 9.64 Å². The van der Waals surface area contributed by atoms with Crippen molar-refractivity contribution in [2.75, 3.05) is 31.1 Å². The minimum Gasteiger partial charge on any atom is -0.461 e. The number of fused-ring (bicyclic) bond motifs is 4. The number of halogens is 3. The molecule has 2 aromatic heterocycles. The van der Waals surface area contributed by atoms with Crippen LogP contribution in [0.1, 0.15) is 103 Å². The van der Waals surface area contributed by atoms with Crippen molar-refractivity contribution in [1.82, 2.24) is 19.9 Å². The maximum Gasteiger partial charge on any atom is 0.319 e. The molecule has 3 saturated heterocycles. The van der Waals surface area contributed by atoms with Crippen molar-refractivity contribution < 1.29 is 17.9 Å². The van der Waals surface area contributed by atoms with E-state index in [1.54, 1.807) is 12.3 Å². The van der Waals surface area contributed by atoms with E-state index in [1.165, 1.54) is 6.07 Å². The molecule has 4 aromatic carbocycles. The number of alkyl halides is 1. The molecule has 2 unspecified atom stereocenters. The van der Waals surface area contributed by atoms with Crippen LogP contribution in [-0.4, -0.2) is 77.6 Å². The van der Waals surface area contributed by atoms with E-state index in [2.05, 4.69) is 62.8 Å². The number of nitrogens with zero attached hydrogens (tertiary/aromatic N) is 6. The number of pyridine rings is 1. The third kappa shape index (κ3) is 8.32. The van der Waals surface area contributed by atoms with Crippen LogP contribution >= 0.6 is 0 Å². The lowest BCUT2D eigenvalue weighted by atomic mass is 9.95. The van der Waals surface area contributed by atoms with Gasteiger partial charge in [0.1, 0.15) is 43.7 Å². The maximum absolute atomic E-state index is 18.2. The van der Waals surface area contributed by atoms with Crippen molar-refractivity contribution in [3.8, 4) is 28.7 Å². The second-order valence-electron chi connectivity index (χ2n) is 20.5. The van der Waals surface area contributed by atoms with Gasteiger partial charge in [0, 0.05) is 53.8 Å². The van der Waals surface area contributed by atoms with Crippen molar-refractivity contribution in [3.63, 3.8) is 0 Å². The third-order valence-corrected chi connectivity index (χ3v) is 21.9. The van der Waals surface area contributed by atoms with Gasteiger partial charge in [-0.05, 0) is 84.8 Å². The number of aliphatic imine (C=N–C) groups is 1. The highest BCUT2D eigenvalue weighted by molar-refractivity contribution is 6.90. The Morgan fingerprint density at radius 1 is 0.881 bits per heavy atom. The summed E-state index contributed by atoms with van der Waals surface area (Å²) in [4.78, 5) is 24.6. The minimum absolute atomic E-state index is 0.0108. The second kappa shape index (κ2) is 18.2. The Bertz CT molecular complexity index is 2850. The molecule has 67 heavy (non-hydrogen) atoms. The lowest BCUT2D eigenvalue weighted by Gasteiger charge is -2.38. The summed E-state index contributed by atoms with van der Waals surface area (Å²) >= 11 is 0. The van der Waals surface area contributed by atoms with Crippen molar-refractivity contribution >= 4 is 47.0 Å². The summed E-state index contributed by atoms with van der Waals surface area (Å²) in [6, 6.07) is 27.3. The van der Waals surface area contributed by atoms with Crippen LogP contribution in [0.15, 0.2) is 96.1 Å². The molecule has 0 radical (unpaired) electrons. The van der Waals surface area contributed by atoms with Crippen LogP contribution in [0.25, 0.3) is 32.9 Å². The van der Waals surface area contributed by atoms with Gasteiger partial charge in [-0.25, -0.2) is 18.2 Å². The Morgan fingerprint density at radius 2 is 1.60 bits per heavy atom. The zero-order valence-corrected chi connectivity index (χ0v) is 40.6. The predicted octanol–water partition coefficient (Wildman–Crippen LogP) is 13.2. The summed E-state index contributed by atoms with van der Waals surface area (Å²) in [6.45, 7) is 15.6. The Kier molecular flexibility index (Phi) is 12.3. The van der Waals surface area contributed by atoms with Gasteiger partial charge in [0.05, 0.1) is 27.9 Å². The van der Waals surface area contributed by atoms with Crippen molar-refractivity contribution in [1.29, 1.82) is 0 Å². The van der Waals surface area contributed by atoms with Crippen molar-refractivity contribution in [3.05, 3.63) is 119 Å². The molecule has 5 heterocycles. The molecule has 0 N–H and O–H groups in total. The van der Waals surface area contributed by atoms with E-state index in [4.69, 9.17) is 24.7 Å². The van der Waals surface area contributed by atoms with Gasteiger partial charge in [-0.1, -0.05) is 121 Å². The molecule has 4 aliphatic rings. The number of hydrogen-bond acceptors (Lipinski definition) is 7. The first-order valence-electron chi connectivity index (χ1n) is 24.5. The molecule has 7 nitrogen and oxygen atoms in total. The first-order chi connectivity index (χ1) is 32.4. The number of aromatic nitrogens is 3. The molecule has 0 amide bonds. The van der Waals surface area contributed by atoms with Gasteiger partial charge in [0.2, 0.25) is 0 Å². The molecule has 1 saturated carbocycles. The van der Waals surface area contributed by atoms with E-state index in [0.717, 1.165) is 68.5 Å². The molecular weight excluding hydrogens is 858 g/mol. The summed E-state index contributed by atoms with van der Waals surface area (Å²) in [5, 5.41) is 1.63. The molecule has 4 fully saturated rings. The lowest BCUT2D eigenvalue weighted by Crippen LogP contribution is -2.43. The van der Waals surface area contributed by atoms with Gasteiger partial charge >= 0.3 is 6.01 Å². The molecule has 0 bridgehead atoms. The fourth-order valence-electron chi connectivity index (χ4n) is 12.2. The first-order valence-corrected chi connectivity index (χ1v) is 26.7. The highest BCUT2D eigenvalue weighted by Gasteiger charge is 2.50. The van der Waals surface area contributed by atoms with Gasteiger partial charge in [-0.15, -0.1) is 5.54 Å². The average Bonchev–Trinajstić information content (AvgIpc) is 3.93. The molecular formula is C56H61F3N6OSi. The zero-order valence-electron chi connectivity index (χ0n) is 39.6. The fraction of sp³-hybridized carbons (Fsp3) is 0.429. The van der Waals surface area contributed by atoms with Gasteiger partial charge in [0.15, 0.2) is 5.82 Å². The quantitative estimate of drug-likeness (QED) is 0.0733. The minimum atomic E-state index is -2.34. The molecule has 1 aliphatic carbocycles. The summed E-state index contributed by atoms with van der Waals surface area (Å²) in [6.07, 6.45) is 7.29. The number of hydrogen-bond donors (Lipinski definition) is 0. The fourth-order valence-corrected chi connectivity index (χ4v) is 17.4. The number of rotatable bonds is 11. The Balaban J connectivity index is 1.20. The normalized spacial score (nSPS) is 21.7. The van der Waals surface area contributed by atoms with E-state index in [0.29, 0.717) is 74.8 Å². The topological polar surface area (TPSA) is 66.7 Å². The van der Waals surface area contributed by atoms with Crippen LogP contribution in [0.4, 0.5) is 24.7 Å². The van der Waals surface area contributed by atoms with Crippen LogP contribution in [0.5, 0.6) is 6.01 Å². The highest BCUT2D eigenvalue weighted by Crippen LogP contribution is 2.47. The number of ether oxygens (including phenoxy) is 1. The number of anilines is 1. The lowest BCUT2D eigenvalue weighted by molar-refractivity contribution is 0.107. The van der Waals surface area contributed by atoms with Gasteiger partial charge in [-0.3, -0.25) is 9.88 Å². The molecule has 10 rings (SSSR count). The van der Waals surface area contributed by atoms with Gasteiger partial charge in [-0.2, -0.15) is 9.97 Å². The van der Waals surface area contributed by atoms with Crippen LogP contribution in [0.2, 0.25) is 16.6 Å². The molecule has 4 atom stereocenters. The van der Waals surface area contributed by atoms with E-state index in [9.17, 15) is 4.39 Å². The first kappa shape index (κ1) is 45.2. The van der Waals surface area contributed by atoms with Crippen LogP contribution in [-0.2, 0) is 0 Å². The summed E-state index contributed by atoms with van der Waals surface area (Å²) in [7, 11) is -2.34. The summed E-state index contributed by atoms with van der Waals surface area (Å²) in [5.74, 6) is 3.46. The van der Waals surface area contributed by atoms with Crippen LogP contribution in [0, 0.1) is 29.0 Å². The second-order valence-corrected chi connectivity index (χ2v) is 26.1. The molecule has 0 spiro atoms. The van der Waals surface area contributed by atoms with Crippen molar-refractivity contribution in [2.24, 2.45) is 10.9 Å². The summed E-state index contributed by atoms with van der Waals surface area (Å²) < 4.78 is 56.3. The monoisotopic (exact) mass is 918 g/mol. The Labute approximate surface area is 394 Å². The van der Waals surface area contributed by atoms with E-state index in [-0.39, 0.29) is 29.4 Å². The largest absolute Gasteiger partial charge is 0.461 e. The van der Waals surface area contributed by atoms with E-state index in [1.807, 2.05) is 72.8 Å². The van der Waals surface area contributed by atoms with E-state index >= 15 is 8.78 Å². The summed E-state index contributed by atoms with van der Waals surface area (Å²) in [5.41, 5.74) is 8.04. The Morgan fingerprint density at radius 3 is 2.30 bits per heavy atom. The molecule has 346 valence electrons.